The van der Waals surface area contributed by atoms with E-state index in [4.69, 9.17) is 33.2 Å². The van der Waals surface area contributed by atoms with E-state index in [2.05, 4.69) is 6.07 Å². The summed E-state index contributed by atoms with van der Waals surface area (Å²) in [7, 11) is 0. The Bertz CT molecular complexity index is 605. The van der Waals surface area contributed by atoms with E-state index in [1.165, 1.54) is 0 Å². The second-order valence-electron chi connectivity index (χ2n) is 3.64. The highest BCUT2D eigenvalue weighted by molar-refractivity contribution is 6.30. The fourth-order valence-corrected chi connectivity index (χ4v) is 1.84. The second kappa shape index (κ2) is 5.77. The minimum absolute atomic E-state index is 0.367. The molecule has 0 atom stereocenters. The van der Waals surface area contributed by atoms with Crippen LogP contribution in [0.15, 0.2) is 42.5 Å². The van der Waals surface area contributed by atoms with Gasteiger partial charge in [-0.3, -0.25) is 0 Å². The maximum Gasteiger partial charge on any atom is 0.145 e. The Balaban J connectivity index is 2.32. The molecule has 2 aromatic carbocycles. The predicted octanol–water partition coefficient (Wildman–Crippen LogP) is 4.74. The van der Waals surface area contributed by atoms with Gasteiger partial charge < -0.3 is 4.74 Å². The Labute approximate surface area is 115 Å². The highest BCUT2D eigenvalue weighted by Gasteiger charge is 2.06. The number of alkyl halides is 1. The van der Waals surface area contributed by atoms with Gasteiger partial charge in [-0.2, -0.15) is 5.26 Å². The molecule has 0 spiro atoms. The number of nitriles is 1. The summed E-state index contributed by atoms with van der Waals surface area (Å²) in [6, 6.07) is 14.4. The minimum atomic E-state index is 0.367. The lowest BCUT2D eigenvalue weighted by molar-refractivity contribution is 0.481. The van der Waals surface area contributed by atoms with Crippen LogP contribution in [0.5, 0.6) is 11.5 Å². The Hall–Kier alpha value is -1.69. The lowest BCUT2D eigenvalue weighted by Gasteiger charge is -2.08. The van der Waals surface area contributed by atoms with Crippen LogP contribution in [0.2, 0.25) is 5.02 Å². The minimum Gasteiger partial charge on any atom is -0.456 e. The molecule has 0 unspecified atom stereocenters. The standard InChI is InChI=1S/C14H9Cl2NO/c15-8-10-4-5-14(11(6-10)9-17)18-13-3-1-2-12(16)7-13/h1-7H,8H2. The Morgan fingerprint density at radius 3 is 2.67 bits per heavy atom. The molecule has 0 heterocycles. The first-order valence-electron chi connectivity index (χ1n) is 5.25. The van der Waals surface area contributed by atoms with Crippen LogP contribution in [0.25, 0.3) is 0 Å². The molecule has 0 aliphatic rings. The van der Waals surface area contributed by atoms with Crippen molar-refractivity contribution in [1.82, 2.24) is 0 Å². The van der Waals surface area contributed by atoms with Gasteiger partial charge in [-0.15, -0.1) is 11.6 Å². The molecular weight excluding hydrogens is 269 g/mol. The van der Waals surface area contributed by atoms with E-state index in [0.717, 1.165) is 5.56 Å². The third kappa shape index (κ3) is 2.95. The molecule has 0 fully saturated rings. The van der Waals surface area contributed by atoms with E-state index in [0.29, 0.717) is 28.0 Å². The number of hydrogen-bond acceptors (Lipinski definition) is 2. The number of nitrogens with zero attached hydrogens (tertiary/aromatic N) is 1. The summed E-state index contributed by atoms with van der Waals surface area (Å²) < 4.78 is 5.63. The first kappa shape index (κ1) is 12.8. The van der Waals surface area contributed by atoms with Crippen molar-refractivity contribution >= 4 is 23.2 Å². The zero-order chi connectivity index (χ0) is 13.0. The summed E-state index contributed by atoms with van der Waals surface area (Å²) >= 11 is 11.6. The topological polar surface area (TPSA) is 33.0 Å². The van der Waals surface area contributed by atoms with Gasteiger partial charge in [-0.25, -0.2) is 0 Å². The molecule has 18 heavy (non-hydrogen) atoms. The lowest BCUT2D eigenvalue weighted by atomic mass is 10.1. The molecule has 2 aromatic rings. The normalized spacial score (nSPS) is 9.83. The zero-order valence-electron chi connectivity index (χ0n) is 9.36. The first-order chi connectivity index (χ1) is 8.72. The third-order valence-electron chi connectivity index (χ3n) is 2.34. The molecule has 0 bridgehead atoms. The second-order valence-corrected chi connectivity index (χ2v) is 4.34. The molecule has 0 saturated heterocycles. The van der Waals surface area contributed by atoms with Crippen molar-refractivity contribution in [3.8, 4) is 17.6 Å². The quantitative estimate of drug-likeness (QED) is 0.759. The van der Waals surface area contributed by atoms with E-state index in [1.807, 2.05) is 6.07 Å². The monoisotopic (exact) mass is 277 g/mol. The van der Waals surface area contributed by atoms with Crippen LogP contribution in [0.1, 0.15) is 11.1 Å². The summed E-state index contributed by atoms with van der Waals surface area (Å²) in [5.74, 6) is 1.46. The van der Waals surface area contributed by atoms with E-state index in [9.17, 15) is 0 Å². The molecule has 0 amide bonds. The molecule has 0 radical (unpaired) electrons. The van der Waals surface area contributed by atoms with Crippen LogP contribution in [0, 0.1) is 11.3 Å². The van der Waals surface area contributed by atoms with Crippen molar-refractivity contribution in [3.05, 3.63) is 58.6 Å². The SMILES string of the molecule is N#Cc1cc(CCl)ccc1Oc1cccc(Cl)c1. The van der Waals surface area contributed by atoms with Crippen molar-refractivity contribution in [1.29, 1.82) is 5.26 Å². The third-order valence-corrected chi connectivity index (χ3v) is 2.89. The van der Waals surface area contributed by atoms with Crippen molar-refractivity contribution in [2.24, 2.45) is 0 Å². The largest absolute Gasteiger partial charge is 0.456 e. The highest BCUT2D eigenvalue weighted by Crippen LogP contribution is 2.27. The van der Waals surface area contributed by atoms with E-state index in [1.54, 1.807) is 36.4 Å². The predicted molar refractivity (Wildman–Crippen MR) is 72.2 cm³/mol. The van der Waals surface area contributed by atoms with Crippen LogP contribution in [0.3, 0.4) is 0 Å². The van der Waals surface area contributed by atoms with Gasteiger partial charge in [0.2, 0.25) is 0 Å². The zero-order valence-corrected chi connectivity index (χ0v) is 10.9. The summed E-state index contributed by atoms with van der Waals surface area (Å²) in [6.45, 7) is 0. The Morgan fingerprint density at radius 2 is 2.00 bits per heavy atom. The number of hydrogen-bond donors (Lipinski definition) is 0. The van der Waals surface area contributed by atoms with E-state index < -0.39 is 0 Å². The molecule has 0 aromatic heterocycles. The molecule has 4 heteroatoms. The first-order valence-corrected chi connectivity index (χ1v) is 6.16. The average molecular weight is 278 g/mol. The van der Waals surface area contributed by atoms with Crippen molar-refractivity contribution in [2.45, 2.75) is 5.88 Å². The van der Waals surface area contributed by atoms with Crippen LogP contribution in [-0.4, -0.2) is 0 Å². The summed E-state index contributed by atoms with van der Waals surface area (Å²) in [5, 5.41) is 9.66. The van der Waals surface area contributed by atoms with Crippen molar-refractivity contribution in [2.75, 3.05) is 0 Å². The Kier molecular flexibility index (Phi) is 4.09. The molecule has 0 saturated carbocycles. The number of rotatable bonds is 3. The van der Waals surface area contributed by atoms with Gasteiger partial charge >= 0.3 is 0 Å². The van der Waals surface area contributed by atoms with Gasteiger partial charge in [0.1, 0.15) is 17.6 Å². The summed E-state index contributed by atoms with van der Waals surface area (Å²) in [4.78, 5) is 0. The van der Waals surface area contributed by atoms with Crippen LogP contribution in [0.4, 0.5) is 0 Å². The van der Waals surface area contributed by atoms with Gasteiger partial charge in [0.25, 0.3) is 0 Å². The molecule has 0 aliphatic heterocycles. The smallest absolute Gasteiger partial charge is 0.145 e. The molecular formula is C14H9Cl2NO. The van der Waals surface area contributed by atoms with Crippen molar-refractivity contribution < 1.29 is 4.74 Å². The van der Waals surface area contributed by atoms with Gasteiger partial charge in [0.05, 0.1) is 5.56 Å². The maximum absolute atomic E-state index is 9.07. The van der Waals surface area contributed by atoms with Gasteiger partial charge in [-0.05, 0) is 35.9 Å². The van der Waals surface area contributed by atoms with Gasteiger partial charge in [0, 0.05) is 10.9 Å². The van der Waals surface area contributed by atoms with Gasteiger partial charge in [-0.1, -0.05) is 23.7 Å². The fourth-order valence-electron chi connectivity index (χ4n) is 1.49. The van der Waals surface area contributed by atoms with E-state index >= 15 is 0 Å². The molecule has 90 valence electrons. The summed E-state index contributed by atoms with van der Waals surface area (Å²) in [5.41, 5.74) is 1.33. The number of benzene rings is 2. The Morgan fingerprint density at radius 1 is 1.17 bits per heavy atom. The van der Waals surface area contributed by atoms with E-state index in [-0.39, 0.29) is 0 Å². The highest BCUT2D eigenvalue weighted by atomic mass is 35.5. The molecule has 2 nitrogen and oxygen atoms in total. The molecule has 0 aliphatic carbocycles. The van der Waals surface area contributed by atoms with Crippen molar-refractivity contribution in [3.63, 3.8) is 0 Å². The van der Waals surface area contributed by atoms with Crippen LogP contribution in [-0.2, 0) is 5.88 Å². The number of ether oxygens (including phenoxy) is 1. The molecule has 0 N–H and O–H groups in total. The van der Waals surface area contributed by atoms with Crippen LogP contribution >= 0.6 is 23.2 Å². The fraction of sp³-hybridized carbons (Fsp3) is 0.0714. The number of halogens is 2. The average Bonchev–Trinajstić information content (AvgIpc) is 2.39. The van der Waals surface area contributed by atoms with Gasteiger partial charge in [0.15, 0.2) is 0 Å². The molecule has 2 rings (SSSR count). The summed E-state index contributed by atoms with van der Waals surface area (Å²) in [6.07, 6.45) is 0. The van der Waals surface area contributed by atoms with Crippen LogP contribution < -0.4 is 4.74 Å². The maximum atomic E-state index is 9.07. The lowest BCUT2D eigenvalue weighted by Crippen LogP contribution is -1.90.